The Kier molecular flexibility index (Phi) is 8.30. The number of sulfonamides is 1. The van der Waals surface area contributed by atoms with Gasteiger partial charge in [0.15, 0.2) is 17.3 Å². The number of hydrogen-bond acceptors (Lipinski definition) is 8. The van der Waals surface area contributed by atoms with Crippen molar-refractivity contribution < 1.29 is 32.5 Å². The minimum absolute atomic E-state index is 0.0196. The van der Waals surface area contributed by atoms with Crippen LogP contribution in [0.2, 0.25) is 0 Å². The average Bonchev–Trinajstić information content (AvgIpc) is 2.82. The number of benzene rings is 2. The fraction of sp³-hybridized carbons (Fsp3) is 0.435. The van der Waals surface area contributed by atoms with E-state index in [1.54, 1.807) is 30.3 Å². The first-order valence-corrected chi connectivity index (χ1v) is 12.0. The molecule has 10 heteroatoms. The van der Waals surface area contributed by atoms with Crippen molar-refractivity contribution in [2.45, 2.75) is 17.9 Å². The summed E-state index contributed by atoms with van der Waals surface area (Å²) in [6.45, 7) is 3.60. The van der Waals surface area contributed by atoms with Gasteiger partial charge in [0, 0.05) is 44.4 Å². The number of β-amino-alcohol motifs (C(OH)–C–C–N with tert-alkyl or cyclic N) is 1. The molecule has 1 aliphatic rings. The molecule has 1 N–H and O–H groups in total. The summed E-state index contributed by atoms with van der Waals surface area (Å²) >= 11 is 0. The van der Waals surface area contributed by atoms with Crippen molar-refractivity contribution in [1.82, 2.24) is 9.21 Å². The van der Waals surface area contributed by atoms with Gasteiger partial charge in [-0.3, -0.25) is 9.69 Å². The summed E-state index contributed by atoms with van der Waals surface area (Å²) in [5.74, 6) is 1.38. The van der Waals surface area contributed by atoms with Gasteiger partial charge in [-0.2, -0.15) is 4.31 Å². The molecule has 0 spiro atoms. The lowest BCUT2D eigenvalue weighted by Gasteiger charge is -2.34. The maximum absolute atomic E-state index is 13.0. The summed E-state index contributed by atoms with van der Waals surface area (Å²) in [6.07, 6.45) is -0.730. The van der Waals surface area contributed by atoms with Crippen molar-refractivity contribution in [3.05, 3.63) is 48.0 Å². The Labute approximate surface area is 194 Å². The SMILES string of the molecule is COc1ccc(S(=O)(=O)N2CCN(C[C@H](O)COc3ccc(C(C)=O)cc3)CC2)cc1OC. The lowest BCUT2D eigenvalue weighted by atomic mass is 10.1. The van der Waals surface area contributed by atoms with Gasteiger partial charge in [-0.1, -0.05) is 0 Å². The molecule has 2 aromatic rings. The first kappa shape index (κ1) is 25.0. The Morgan fingerprint density at radius 2 is 1.64 bits per heavy atom. The number of aliphatic hydroxyl groups excluding tert-OH is 1. The third-order valence-corrected chi connectivity index (χ3v) is 7.39. The molecule has 1 aliphatic heterocycles. The molecule has 0 saturated carbocycles. The van der Waals surface area contributed by atoms with E-state index in [9.17, 15) is 18.3 Å². The molecule has 9 nitrogen and oxygen atoms in total. The van der Waals surface area contributed by atoms with Crippen LogP contribution in [0.3, 0.4) is 0 Å². The Morgan fingerprint density at radius 1 is 1.00 bits per heavy atom. The molecule has 1 atom stereocenters. The number of methoxy groups -OCH3 is 2. The van der Waals surface area contributed by atoms with Gasteiger partial charge >= 0.3 is 0 Å². The van der Waals surface area contributed by atoms with E-state index in [2.05, 4.69) is 0 Å². The van der Waals surface area contributed by atoms with Crippen LogP contribution in [0.4, 0.5) is 0 Å². The zero-order valence-corrected chi connectivity index (χ0v) is 19.9. The quantitative estimate of drug-likeness (QED) is 0.514. The second kappa shape index (κ2) is 11.0. The van der Waals surface area contributed by atoms with Crippen LogP contribution >= 0.6 is 0 Å². The van der Waals surface area contributed by atoms with Crippen molar-refractivity contribution >= 4 is 15.8 Å². The normalized spacial score (nSPS) is 16.2. The number of rotatable bonds is 10. The standard InChI is InChI=1S/C23H30N2O7S/c1-17(26)18-4-6-20(7-5-18)32-16-19(27)15-24-10-12-25(13-11-24)33(28,29)21-8-9-22(30-2)23(14-21)31-3/h4-9,14,19,27H,10-13,15-16H2,1-3H3/t19-/m0/s1. The van der Waals surface area contributed by atoms with E-state index in [-0.39, 0.29) is 17.3 Å². The number of carbonyl (C=O) groups excluding carboxylic acids is 1. The molecule has 0 aliphatic carbocycles. The van der Waals surface area contributed by atoms with Crippen LogP contribution in [-0.4, -0.2) is 88.2 Å². The zero-order valence-electron chi connectivity index (χ0n) is 19.1. The molecule has 0 bridgehead atoms. The maximum atomic E-state index is 13.0. The number of hydrogen-bond donors (Lipinski definition) is 1. The third kappa shape index (κ3) is 6.23. The number of nitrogens with zero attached hydrogens (tertiary/aromatic N) is 2. The first-order chi connectivity index (χ1) is 15.7. The van der Waals surface area contributed by atoms with Gasteiger partial charge in [-0.25, -0.2) is 8.42 Å². The van der Waals surface area contributed by atoms with Crippen LogP contribution in [-0.2, 0) is 10.0 Å². The summed E-state index contributed by atoms with van der Waals surface area (Å²) in [4.78, 5) is 13.5. The zero-order chi connectivity index (χ0) is 24.0. The van der Waals surface area contributed by atoms with Gasteiger partial charge in [-0.05, 0) is 43.3 Å². The molecule has 2 aromatic carbocycles. The van der Waals surface area contributed by atoms with Gasteiger partial charge in [-0.15, -0.1) is 0 Å². The molecular weight excluding hydrogens is 448 g/mol. The highest BCUT2D eigenvalue weighted by Crippen LogP contribution is 2.30. The Morgan fingerprint density at radius 3 is 2.21 bits per heavy atom. The Balaban J connectivity index is 1.50. The number of ketones is 1. The van der Waals surface area contributed by atoms with E-state index in [0.29, 0.717) is 55.5 Å². The minimum Gasteiger partial charge on any atom is -0.493 e. The van der Waals surface area contributed by atoms with Crippen LogP contribution in [0.5, 0.6) is 17.2 Å². The summed E-state index contributed by atoms with van der Waals surface area (Å²) in [6, 6.07) is 11.3. The lowest BCUT2D eigenvalue weighted by Crippen LogP contribution is -2.50. The van der Waals surface area contributed by atoms with Gasteiger partial charge in [0.2, 0.25) is 10.0 Å². The number of aliphatic hydroxyl groups is 1. The van der Waals surface area contributed by atoms with Gasteiger partial charge in [0.05, 0.1) is 19.1 Å². The minimum atomic E-state index is -3.67. The molecule has 1 fully saturated rings. The van der Waals surface area contributed by atoms with E-state index in [1.165, 1.54) is 37.6 Å². The number of carbonyl (C=O) groups is 1. The van der Waals surface area contributed by atoms with Crippen LogP contribution in [0, 0.1) is 0 Å². The van der Waals surface area contributed by atoms with Crippen LogP contribution in [0.1, 0.15) is 17.3 Å². The Bertz CT molecular complexity index is 1050. The van der Waals surface area contributed by atoms with Gasteiger partial charge in [0.25, 0.3) is 0 Å². The fourth-order valence-corrected chi connectivity index (χ4v) is 5.05. The molecule has 0 aromatic heterocycles. The fourth-order valence-electron chi connectivity index (χ4n) is 3.61. The summed E-state index contributed by atoms with van der Waals surface area (Å²) in [5, 5.41) is 10.3. The highest BCUT2D eigenvalue weighted by atomic mass is 32.2. The highest BCUT2D eigenvalue weighted by molar-refractivity contribution is 7.89. The first-order valence-electron chi connectivity index (χ1n) is 10.6. The van der Waals surface area contributed by atoms with Crippen molar-refractivity contribution in [3.8, 4) is 17.2 Å². The van der Waals surface area contributed by atoms with Gasteiger partial charge < -0.3 is 19.3 Å². The van der Waals surface area contributed by atoms with E-state index < -0.39 is 16.1 Å². The topological polar surface area (TPSA) is 106 Å². The van der Waals surface area contributed by atoms with Crippen molar-refractivity contribution in [3.63, 3.8) is 0 Å². The monoisotopic (exact) mass is 478 g/mol. The lowest BCUT2D eigenvalue weighted by molar-refractivity contribution is 0.0569. The largest absolute Gasteiger partial charge is 0.493 e. The van der Waals surface area contributed by atoms with Crippen LogP contribution < -0.4 is 14.2 Å². The van der Waals surface area contributed by atoms with E-state index in [4.69, 9.17) is 14.2 Å². The van der Waals surface area contributed by atoms with E-state index in [0.717, 1.165) is 0 Å². The van der Waals surface area contributed by atoms with E-state index in [1.807, 2.05) is 4.90 Å². The number of piperazine rings is 1. The second-order valence-electron chi connectivity index (χ2n) is 7.77. The van der Waals surface area contributed by atoms with Crippen molar-refractivity contribution in [2.24, 2.45) is 0 Å². The van der Waals surface area contributed by atoms with Crippen LogP contribution in [0.15, 0.2) is 47.4 Å². The van der Waals surface area contributed by atoms with Crippen molar-refractivity contribution in [1.29, 1.82) is 0 Å². The van der Waals surface area contributed by atoms with Crippen LogP contribution in [0.25, 0.3) is 0 Å². The molecule has 0 unspecified atom stereocenters. The summed E-state index contributed by atoms with van der Waals surface area (Å²) in [7, 11) is -0.711. The molecule has 1 saturated heterocycles. The predicted molar refractivity (Wildman–Crippen MR) is 123 cm³/mol. The maximum Gasteiger partial charge on any atom is 0.243 e. The summed E-state index contributed by atoms with van der Waals surface area (Å²) in [5.41, 5.74) is 0.601. The number of ether oxygens (including phenoxy) is 3. The highest BCUT2D eigenvalue weighted by Gasteiger charge is 2.30. The van der Waals surface area contributed by atoms with Gasteiger partial charge in [0.1, 0.15) is 18.5 Å². The molecular formula is C23H30N2O7S. The number of Topliss-reactive ketones (excluding diaryl/α,β-unsaturated/α-hetero) is 1. The molecule has 1 heterocycles. The van der Waals surface area contributed by atoms with E-state index >= 15 is 0 Å². The molecule has 3 rings (SSSR count). The smallest absolute Gasteiger partial charge is 0.243 e. The molecule has 0 radical (unpaired) electrons. The molecule has 33 heavy (non-hydrogen) atoms. The average molecular weight is 479 g/mol. The predicted octanol–water partition coefficient (Wildman–Crippen LogP) is 1.65. The third-order valence-electron chi connectivity index (χ3n) is 5.50. The second-order valence-corrected chi connectivity index (χ2v) is 9.70. The summed E-state index contributed by atoms with van der Waals surface area (Å²) < 4.78 is 43.5. The molecule has 180 valence electrons. The van der Waals surface area contributed by atoms with Crippen molar-refractivity contribution in [2.75, 3.05) is 53.6 Å². The Hall–Kier alpha value is -2.66. The molecule has 0 amide bonds.